The van der Waals surface area contributed by atoms with Crippen molar-refractivity contribution in [2.75, 3.05) is 11.4 Å². The molecule has 5 rings (SSSR count). The van der Waals surface area contributed by atoms with E-state index < -0.39 is 0 Å². The third kappa shape index (κ3) is 2.98. The number of aromatic nitrogens is 2. The normalized spacial score (nSPS) is 16.1. The molecular formula is C26H26FN3. The second-order valence-corrected chi connectivity index (χ2v) is 8.27. The highest BCUT2D eigenvalue weighted by Crippen LogP contribution is 2.39. The first-order valence-electron chi connectivity index (χ1n) is 10.6. The van der Waals surface area contributed by atoms with Crippen LogP contribution in [0.3, 0.4) is 0 Å². The fourth-order valence-corrected chi connectivity index (χ4v) is 4.85. The molecule has 0 spiro atoms. The van der Waals surface area contributed by atoms with Crippen LogP contribution in [0, 0.1) is 19.7 Å². The average molecular weight is 400 g/mol. The molecule has 1 aliphatic heterocycles. The van der Waals surface area contributed by atoms with Crippen LogP contribution in [-0.2, 0) is 13.0 Å². The number of pyridine rings is 1. The zero-order valence-electron chi connectivity index (χ0n) is 17.7. The largest absolute Gasteiger partial charge is 0.363 e. The van der Waals surface area contributed by atoms with Gasteiger partial charge in [0.05, 0.1) is 22.8 Å². The van der Waals surface area contributed by atoms with Crippen molar-refractivity contribution in [2.45, 2.75) is 39.8 Å². The van der Waals surface area contributed by atoms with Crippen molar-refractivity contribution in [3.05, 3.63) is 94.6 Å². The van der Waals surface area contributed by atoms with E-state index in [4.69, 9.17) is 4.98 Å². The summed E-state index contributed by atoms with van der Waals surface area (Å²) in [4.78, 5) is 7.19. The molecule has 0 saturated carbocycles. The van der Waals surface area contributed by atoms with Crippen LogP contribution in [0.4, 0.5) is 10.1 Å². The summed E-state index contributed by atoms with van der Waals surface area (Å²) in [6.07, 6.45) is 2.77. The molecule has 2 aromatic carbocycles. The molecule has 0 aliphatic carbocycles. The standard InChI is InChI=1S/C26H26FN3/c1-17-18(2)30(16-20-7-5-4-6-8-20)26-24(11-13-28-25(17)26)29-14-12-21-15-22(27)9-10-23(21)19(29)3/h4-11,13,15,19H,12,14,16H2,1-3H3. The van der Waals surface area contributed by atoms with Gasteiger partial charge in [-0.25, -0.2) is 4.39 Å². The maximum absolute atomic E-state index is 13.7. The van der Waals surface area contributed by atoms with Crippen molar-refractivity contribution in [3.63, 3.8) is 0 Å². The third-order valence-electron chi connectivity index (χ3n) is 6.61. The molecule has 4 heteroatoms. The minimum Gasteiger partial charge on any atom is -0.363 e. The van der Waals surface area contributed by atoms with E-state index >= 15 is 0 Å². The number of hydrogen-bond acceptors (Lipinski definition) is 2. The van der Waals surface area contributed by atoms with Crippen molar-refractivity contribution in [2.24, 2.45) is 0 Å². The summed E-state index contributed by atoms with van der Waals surface area (Å²) in [6, 6.07) is 18.1. The number of nitrogens with zero attached hydrogens (tertiary/aromatic N) is 3. The van der Waals surface area contributed by atoms with Gasteiger partial charge in [0.1, 0.15) is 5.82 Å². The van der Waals surface area contributed by atoms with Gasteiger partial charge in [0.15, 0.2) is 0 Å². The third-order valence-corrected chi connectivity index (χ3v) is 6.61. The van der Waals surface area contributed by atoms with Gasteiger partial charge in [0, 0.05) is 25.0 Å². The van der Waals surface area contributed by atoms with Crippen molar-refractivity contribution >= 4 is 16.7 Å². The Labute approximate surface area is 176 Å². The highest BCUT2D eigenvalue weighted by Gasteiger charge is 2.27. The quantitative estimate of drug-likeness (QED) is 0.423. The van der Waals surface area contributed by atoms with Crippen molar-refractivity contribution < 1.29 is 4.39 Å². The van der Waals surface area contributed by atoms with E-state index in [9.17, 15) is 4.39 Å². The van der Waals surface area contributed by atoms with E-state index in [0.29, 0.717) is 0 Å². The maximum Gasteiger partial charge on any atom is 0.123 e. The molecule has 30 heavy (non-hydrogen) atoms. The number of aryl methyl sites for hydroxylation is 1. The van der Waals surface area contributed by atoms with Gasteiger partial charge in [-0.05, 0) is 67.6 Å². The molecule has 1 unspecified atom stereocenters. The summed E-state index contributed by atoms with van der Waals surface area (Å²) in [6.45, 7) is 8.24. The zero-order chi connectivity index (χ0) is 20.8. The monoisotopic (exact) mass is 399 g/mol. The second-order valence-electron chi connectivity index (χ2n) is 8.27. The summed E-state index contributed by atoms with van der Waals surface area (Å²) in [5.74, 6) is -0.149. The number of halogens is 1. The Morgan fingerprint density at radius 1 is 1.07 bits per heavy atom. The van der Waals surface area contributed by atoms with Crippen LogP contribution in [0.15, 0.2) is 60.8 Å². The molecule has 0 saturated heterocycles. The van der Waals surface area contributed by atoms with E-state index in [-0.39, 0.29) is 11.9 Å². The van der Waals surface area contributed by atoms with Crippen molar-refractivity contribution in [3.8, 4) is 0 Å². The molecule has 0 radical (unpaired) electrons. The van der Waals surface area contributed by atoms with Crippen LogP contribution in [0.1, 0.15) is 40.9 Å². The summed E-state index contributed by atoms with van der Waals surface area (Å²) in [5.41, 5.74) is 9.55. The van der Waals surface area contributed by atoms with Gasteiger partial charge in [-0.2, -0.15) is 0 Å². The molecule has 0 fully saturated rings. The Balaban J connectivity index is 1.65. The Bertz CT molecular complexity index is 1230. The van der Waals surface area contributed by atoms with Gasteiger partial charge < -0.3 is 9.47 Å². The predicted molar refractivity (Wildman–Crippen MR) is 121 cm³/mol. The first-order valence-corrected chi connectivity index (χ1v) is 10.6. The molecule has 152 valence electrons. The highest BCUT2D eigenvalue weighted by atomic mass is 19.1. The van der Waals surface area contributed by atoms with Gasteiger partial charge in [-0.1, -0.05) is 36.4 Å². The van der Waals surface area contributed by atoms with Gasteiger partial charge in [0.2, 0.25) is 0 Å². The molecule has 1 atom stereocenters. The summed E-state index contributed by atoms with van der Waals surface area (Å²) >= 11 is 0. The number of fused-ring (bicyclic) bond motifs is 2. The van der Waals surface area contributed by atoms with Crippen LogP contribution >= 0.6 is 0 Å². The number of benzene rings is 2. The lowest BCUT2D eigenvalue weighted by atomic mass is 9.93. The Morgan fingerprint density at radius 3 is 2.67 bits per heavy atom. The first kappa shape index (κ1) is 18.9. The molecule has 3 heterocycles. The molecular weight excluding hydrogens is 373 g/mol. The van der Waals surface area contributed by atoms with Gasteiger partial charge in [-0.15, -0.1) is 0 Å². The van der Waals surface area contributed by atoms with Crippen LogP contribution in [0.2, 0.25) is 0 Å². The number of rotatable bonds is 3. The summed E-state index contributed by atoms with van der Waals surface area (Å²) < 4.78 is 16.1. The van der Waals surface area contributed by atoms with Crippen LogP contribution in [0.5, 0.6) is 0 Å². The average Bonchev–Trinajstić information content (AvgIpc) is 3.00. The Morgan fingerprint density at radius 2 is 1.87 bits per heavy atom. The molecule has 4 aromatic rings. The molecule has 2 aromatic heterocycles. The maximum atomic E-state index is 13.7. The van der Waals surface area contributed by atoms with E-state index in [2.05, 4.69) is 66.6 Å². The first-order chi connectivity index (χ1) is 14.5. The molecule has 0 N–H and O–H groups in total. The van der Waals surface area contributed by atoms with Gasteiger partial charge >= 0.3 is 0 Å². The molecule has 0 bridgehead atoms. The minimum absolute atomic E-state index is 0.149. The van der Waals surface area contributed by atoms with Gasteiger partial charge in [-0.3, -0.25) is 4.98 Å². The Hall–Kier alpha value is -3.14. The van der Waals surface area contributed by atoms with Crippen molar-refractivity contribution in [1.82, 2.24) is 9.55 Å². The SMILES string of the molecule is Cc1c(C)n(Cc2ccccc2)c2c(N3CCc4cc(F)ccc4C3C)ccnc12. The lowest BCUT2D eigenvalue weighted by Crippen LogP contribution is -2.34. The minimum atomic E-state index is -0.149. The van der Waals surface area contributed by atoms with E-state index in [0.717, 1.165) is 30.6 Å². The highest BCUT2D eigenvalue weighted by molar-refractivity contribution is 5.93. The predicted octanol–water partition coefficient (Wildman–Crippen LogP) is 5.96. The molecule has 3 nitrogen and oxygen atoms in total. The number of hydrogen-bond donors (Lipinski definition) is 0. The summed E-state index contributed by atoms with van der Waals surface area (Å²) in [7, 11) is 0. The zero-order valence-corrected chi connectivity index (χ0v) is 17.7. The fraction of sp³-hybridized carbons (Fsp3) is 0.269. The fourth-order valence-electron chi connectivity index (χ4n) is 4.85. The number of anilines is 1. The lowest BCUT2D eigenvalue weighted by molar-refractivity contribution is 0.598. The van der Waals surface area contributed by atoms with Crippen LogP contribution in [-0.4, -0.2) is 16.1 Å². The Kier molecular flexibility index (Phi) is 4.58. The lowest BCUT2D eigenvalue weighted by Gasteiger charge is -2.37. The second kappa shape index (κ2) is 7.28. The van der Waals surface area contributed by atoms with Crippen LogP contribution < -0.4 is 4.90 Å². The summed E-state index contributed by atoms with van der Waals surface area (Å²) in [5, 5.41) is 0. The molecule has 1 aliphatic rings. The van der Waals surface area contributed by atoms with E-state index in [1.165, 1.54) is 33.6 Å². The van der Waals surface area contributed by atoms with E-state index in [1.807, 2.05) is 12.3 Å². The van der Waals surface area contributed by atoms with Crippen molar-refractivity contribution in [1.29, 1.82) is 0 Å². The smallest absolute Gasteiger partial charge is 0.123 e. The topological polar surface area (TPSA) is 21.1 Å². The van der Waals surface area contributed by atoms with E-state index in [1.54, 1.807) is 12.1 Å². The molecule has 0 amide bonds. The van der Waals surface area contributed by atoms with Crippen LogP contribution in [0.25, 0.3) is 11.0 Å². The van der Waals surface area contributed by atoms with Gasteiger partial charge in [0.25, 0.3) is 0 Å².